The maximum Gasteiger partial charge on any atom is 0.189 e. The maximum absolute atomic E-state index is 5.94. The fourth-order valence-electron chi connectivity index (χ4n) is 2.22. The van der Waals surface area contributed by atoms with Gasteiger partial charge < -0.3 is 11.1 Å². The third-order valence-corrected chi connectivity index (χ3v) is 4.05. The minimum absolute atomic E-state index is 0.0440. The van der Waals surface area contributed by atoms with Crippen molar-refractivity contribution in [1.29, 1.82) is 0 Å². The largest absolute Gasteiger partial charge is 0.370 e. The topological polar surface area (TPSA) is 50.4 Å². The lowest BCUT2D eigenvalue weighted by molar-refractivity contribution is 0.507. The van der Waals surface area contributed by atoms with Gasteiger partial charge in [0, 0.05) is 15.4 Å². The molecule has 0 atom stereocenters. The maximum atomic E-state index is 5.94. The van der Waals surface area contributed by atoms with Crippen molar-refractivity contribution in [1.82, 2.24) is 5.32 Å². The molecule has 4 heteroatoms. The molecule has 2 rings (SSSR count). The van der Waals surface area contributed by atoms with Crippen molar-refractivity contribution in [3.63, 3.8) is 0 Å². The van der Waals surface area contributed by atoms with Gasteiger partial charge in [-0.25, -0.2) is 0 Å². The van der Waals surface area contributed by atoms with Crippen LogP contribution >= 0.6 is 15.9 Å². The van der Waals surface area contributed by atoms with Crippen molar-refractivity contribution in [2.24, 2.45) is 10.7 Å². The second-order valence-electron chi connectivity index (χ2n) is 6.34. The molecule has 0 saturated heterocycles. The van der Waals surface area contributed by atoms with Gasteiger partial charge in [-0.1, -0.05) is 34.1 Å². The van der Waals surface area contributed by atoms with E-state index >= 15 is 0 Å². The Hall–Kier alpha value is -1.03. The average molecular weight is 324 g/mol. The average Bonchev–Trinajstić information content (AvgIpc) is 3.06. The first-order chi connectivity index (χ1) is 8.82. The molecule has 0 heterocycles. The number of rotatable bonds is 3. The lowest BCUT2D eigenvalue weighted by Crippen LogP contribution is -2.45. The van der Waals surface area contributed by atoms with E-state index in [-0.39, 0.29) is 11.0 Å². The van der Waals surface area contributed by atoms with Gasteiger partial charge in [-0.3, -0.25) is 4.99 Å². The first kappa shape index (κ1) is 14.4. The first-order valence-electron chi connectivity index (χ1n) is 6.66. The second kappa shape index (κ2) is 5.16. The zero-order chi connectivity index (χ0) is 14.1. The quantitative estimate of drug-likeness (QED) is 0.663. The molecule has 1 aromatic rings. The highest BCUT2D eigenvalue weighted by molar-refractivity contribution is 9.10. The predicted molar refractivity (Wildman–Crippen MR) is 84.4 cm³/mol. The SMILES string of the molecule is CC(C)(C)NC(N)=NCC1(c2ccccc2Br)CC1. The van der Waals surface area contributed by atoms with Gasteiger partial charge in [0.15, 0.2) is 5.96 Å². The highest BCUT2D eigenvalue weighted by atomic mass is 79.9. The molecule has 1 aromatic carbocycles. The van der Waals surface area contributed by atoms with Crippen LogP contribution in [0.5, 0.6) is 0 Å². The Morgan fingerprint density at radius 3 is 2.53 bits per heavy atom. The van der Waals surface area contributed by atoms with E-state index in [2.05, 4.69) is 65.2 Å². The molecule has 0 unspecified atom stereocenters. The molecular formula is C15H22BrN3. The highest BCUT2D eigenvalue weighted by Gasteiger charge is 2.45. The molecule has 0 bridgehead atoms. The number of benzene rings is 1. The van der Waals surface area contributed by atoms with E-state index in [1.54, 1.807) is 0 Å². The van der Waals surface area contributed by atoms with Crippen molar-refractivity contribution in [3.8, 4) is 0 Å². The van der Waals surface area contributed by atoms with Crippen LogP contribution in [0.3, 0.4) is 0 Å². The smallest absolute Gasteiger partial charge is 0.189 e. The van der Waals surface area contributed by atoms with E-state index in [1.807, 2.05) is 6.07 Å². The van der Waals surface area contributed by atoms with Gasteiger partial charge in [-0.2, -0.15) is 0 Å². The number of nitrogens with zero attached hydrogens (tertiary/aromatic N) is 1. The monoisotopic (exact) mass is 323 g/mol. The van der Waals surface area contributed by atoms with Gasteiger partial charge in [-0.05, 0) is 45.2 Å². The molecule has 0 amide bonds. The van der Waals surface area contributed by atoms with Crippen molar-refractivity contribution in [2.45, 2.75) is 44.6 Å². The molecular weight excluding hydrogens is 302 g/mol. The standard InChI is InChI=1S/C15H22BrN3/c1-14(2,3)19-13(17)18-10-15(8-9-15)11-6-4-5-7-12(11)16/h4-7H,8-10H2,1-3H3,(H3,17,18,19). The van der Waals surface area contributed by atoms with E-state index in [4.69, 9.17) is 5.73 Å². The van der Waals surface area contributed by atoms with Gasteiger partial charge in [0.1, 0.15) is 0 Å². The summed E-state index contributed by atoms with van der Waals surface area (Å²) in [5.41, 5.74) is 7.43. The predicted octanol–water partition coefficient (Wildman–Crippen LogP) is 3.18. The minimum atomic E-state index is -0.0440. The second-order valence-corrected chi connectivity index (χ2v) is 7.19. The molecule has 1 fully saturated rings. The Kier molecular flexibility index (Phi) is 3.90. The highest BCUT2D eigenvalue weighted by Crippen LogP contribution is 2.50. The summed E-state index contributed by atoms with van der Waals surface area (Å²) in [5, 5.41) is 3.20. The number of guanidine groups is 1. The van der Waals surface area contributed by atoms with Crippen LogP contribution in [0.4, 0.5) is 0 Å². The number of aliphatic imine (C=N–C) groups is 1. The molecule has 3 nitrogen and oxygen atoms in total. The Labute approximate surface area is 123 Å². The molecule has 1 saturated carbocycles. The van der Waals surface area contributed by atoms with Crippen LogP contribution in [0.2, 0.25) is 0 Å². The number of nitrogens with one attached hydrogen (secondary N) is 1. The third kappa shape index (κ3) is 3.72. The summed E-state index contributed by atoms with van der Waals surface area (Å²) in [6, 6.07) is 8.40. The van der Waals surface area contributed by atoms with Gasteiger partial charge in [0.05, 0.1) is 6.54 Å². The van der Waals surface area contributed by atoms with Crippen LogP contribution in [-0.4, -0.2) is 18.0 Å². The van der Waals surface area contributed by atoms with E-state index in [1.165, 1.54) is 22.9 Å². The summed E-state index contributed by atoms with van der Waals surface area (Å²) in [7, 11) is 0. The molecule has 0 radical (unpaired) electrons. The fourth-order valence-corrected chi connectivity index (χ4v) is 2.92. The van der Waals surface area contributed by atoms with Crippen LogP contribution in [0.25, 0.3) is 0 Å². The number of hydrogen-bond donors (Lipinski definition) is 2. The van der Waals surface area contributed by atoms with Crippen molar-refractivity contribution in [2.75, 3.05) is 6.54 Å². The lowest BCUT2D eigenvalue weighted by Gasteiger charge is -2.22. The van der Waals surface area contributed by atoms with Gasteiger partial charge >= 0.3 is 0 Å². The summed E-state index contributed by atoms with van der Waals surface area (Å²) < 4.78 is 1.17. The summed E-state index contributed by atoms with van der Waals surface area (Å²) in [5.74, 6) is 0.533. The molecule has 1 aliphatic carbocycles. The zero-order valence-electron chi connectivity index (χ0n) is 11.8. The van der Waals surface area contributed by atoms with Gasteiger partial charge in [0.25, 0.3) is 0 Å². The Balaban J connectivity index is 2.07. The Morgan fingerprint density at radius 1 is 1.37 bits per heavy atom. The summed E-state index contributed by atoms with van der Waals surface area (Å²) in [6.07, 6.45) is 2.36. The Morgan fingerprint density at radius 2 is 2.00 bits per heavy atom. The number of halogens is 1. The van der Waals surface area contributed by atoms with Gasteiger partial charge in [-0.15, -0.1) is 0 Å². The van der Waals surface area contributed by atoms with Crippen molar-refractivity contribution >= 4 is 21.9 Å². The van der Waals surface area contributed by atoms with E-state index in [9.17, 15) is 0 Å². The van der Waals surface area contributed by atoms with Crippen molar-refractivity contribution < 1.29 is 0 Å². The molecule has 19 heavy (non-hydrogen) atoms. The van der Waals surface area contributed by atoms with E-state index in [0.717, 1.165) is 6.54 Å². The fraction of sp³-hybridized carbons (Fsp3) is 0.533. The normalized spacial score (nSPS) is 18.2. The zero-order valence-corrected chi connectivity index (χ0v) is 13.4. The van der Waals surface area contributed by atoms with Crippen LogP contribution in [0, 0.1) is 0 Å². The summed E-state index contributed by atoms with van der Waals surface area (Å²) in [4.78, 5) is 4.52. The van der Waals surface area contributed by atoms with Crippen LogP contribution in [0.15, 0.2) is 33.7 Å². The van der Waals surface area contributed by atoms with E-state index in [0.29, 0.717) is 5.96 Å². The number of hydrogen-bond acceptors (Lipinski definition) is 1. The molecule has 104 valence electrons. The molecule has 0 spiro atoms. The lowest BCUT2D eigenvalue weighted by atomic mass is 9.96. The van der Waals surface area contributed by atoms with Gasteiger partial charge in [0.2, 0.25) is 0 Å². The Bertz CT molecular complexity index is 484. The number of nitrogens with two attached hydrogens (primary N) is 1. The van der Waals surface area contributed by atoms with E-state index < -0.39 is 0 Å². The van der Waals surface area contributed by atoms with Crippen LogP contribution in [-0.2, 0) is 5.41 Å². The third-order valence-electron chi connectivity index (χ3n) is 3.35. The van der Waals surface area contributed by atoms with Crippen molar-refractivity contribution in [3.05, 3.63) is 34.3 Å². The minimum Gasteiger partial charge on any atom is -0.370 e. The molecule has 1 aliphatic rings. The molecule has 0 aromatic heterocycles. The van der Waals surface area contributed by atoms with Crippen LogP contribution < -0.4 is 11.1 Å². The molecule has 3 N–H and O–H groups in total. The first-order valence-corrected chi connectivity index (χ1v) is 7.45. The summed E-state index contributed by atoms with van der Waals surface area (Å²) in [6.45, 7) is 6.99. The van der Waals surface area contributed by atoms with Crippen LogP contribution in [0.1, 0.15) is 39.2 Å². The summed E-state index contributed by atoms with van der Waals surface area (Å²) >= 11 is 3.63. The molecule has 0 aliphatic heterocycles.